The van der Waals surface area contributed by atoms with Gasteiger partial charge in [0.15, 0.2) is 0 Å². The zero-order chi connectivity index (χ0) is 17.1. The van der Waals surface area contributed by atoms with Gasteiger partial charge in [0, 0.05) is 25.2 Å². The lowest BCUT2D eigenvalue weighted by Crippen LogP contribution is -2.32. The van der Waals surface area contributed by atoms with Crippen LogP contribution >= 0.6 is 0 Å². The first-order valence-corrected chi connectivity index (χ1v) is 9.12. The van der Waals surface area contributed by atoms with Gasteiger partial charge in [-0.05, 0) is 43.1 Å². The number of nitrogens with two attached hydrogens (primary N) is 2. The van der Waals surface area contributed by atoms with Gasteiger partial charge in [-0.1, -0.05) is 13.0 Å². The number of carbonyl (C=O) groups excluding carboxylic acids is 1. The highest BCUT2D eigenvalue weighted by molar-refractivity contribution is 7.89. The molecule has 8 heteroatoms. The highest BCUT2D eigenvalue weighted by Gasteiger charge is 2.32. The predicted octanol–water partition coefficient (Wildman–Crippen LogP) is 0.333. The fraction of sp³-hybridized carbons (Fsp3) is 0.533. The summed E-state index contributed by atoms with van der Waals surface area (Å²) in [6.07, 6.45) is 1.39. The smallest absolute Gasteiger partial charge is 0.238 e. The second-order valence-corrected chi connectivity index (χ2v) is 7.97. The number of benzene rings is 1. The van der Waals surface area contributed by atoms with Crippen LogP contribution in [0.4, 0.5) is 5.69 Å². The zero-order valence-corrected chi connectivity index (χ0v) is 14.1. The highest BCUT2D eigenvalue weighted by Crippen LogP contribution is 2.28. The van der Waals surface area contributed by atoms with Gasteiger partial charge < -0.3 is 16.0 Å². The number of carbonyl (C=O) groups is 1. The summed E-state index contributed by atoms with van der Waals surface area (Å²) in [6.45, 7) is 5.32. The average Bonchev–Trinajstić information content (AvgIpc) is 2.87. The number of amides is 1. The maximum absolute atomic E-state index is 12.0. The minimum absolute atomic E-state index is 0.0199. The van der Waals surface area contributed by atoms with Gasteiger partial charge in [-0.3, -0.25) is 4.79 Å². The van der Waals surface area contributed by atoms with Gasteiger partial charge in [0.25, 0.3) is 0 Å². The van der Waals surface area contributed by atoms with E-state index >= 15 is 0 Å². The van der Waals surface area contributed by atoms with Crippen molar-refractivity contribution >= 4 is 21.6 Å². The molecule has 1 fully saturated rings. The lowest BCUT2D eigenvalue weighted by molar-refractivity contribution is -0.116. The second kappa shape index (κ2) is 6.96. The Bertz CT molecular complexity index is 677. The molecule has 0 saturated carbocycles. The minimum Gasteiger partial charge on any atom is -0.330 e. The van der Waals surface area contributed by atoms with Crippen molar-refractivity contribution in [1.29, 1.82) is 0 Å². The molecule has 1 unspecified atom stereocenters. The van der Waals surface area contributed by atoms with E-state index in [0.29, 0.717) is 25.2 Å². The summed E-state index contributed by atoms with van der Waals surface area (Å²) in [6, 6.07) is 5.92. The van der Waals surface area contributed by atoms with E-state index in [1.807, 2.05) is 0 Å². The molecule has 2 rings (SSSR count). The first kappa shape index (κ1) is 17.9. The van der Waals surface area contributed by atoms with E-state index in [1.54, 1.807) is 12.1 Å². The zero-order valence-electron chi connectivity index (χ0n) is 13.3. The number of rotatable bonds is 6. The van der Waals surface area contributed by atoms with Crippen LogP contribution in [0.15, 0.2) is 29.2 Å². The number of sulfonamides is 1. The Balaban J connectivity index is 1.86. The van der Waals surface area contributed by atoms with Crippen molar-refractivity contribution in [2.45, 2.75) is 24.7 Å². The number of hydrogen-bond acceptors (Lipinski definition) is 5. The van der Waals surface area contributed by atoms with Crippen molar-refractivity contribution in [3.05, 3.63) is 24.3 Å². The van der Waals surface area contributed by atoms with Gasteiger partial charge in [-0.25, -0.2) is 13.6 Å². The van der Waals surface area contributed by atoms with Gasteiger partial charge in [-0.2, -0.15) is 0 Å². The number of likely N-dealkylation sites (tertiary alicyclic amines) is 1. The molecule has 1 saturated heterocycles. The molecule has 1 aromatic carbocycles. The molecule has 23 heavy (non-hydrogen) atoms. The van der Waals surface area contributed by atoms with Crippen LogP contribution in [0.25, 0.3) is 0 Å². The van der Waals surface area contributed by atoms with Crippen LogP contribution in [-0.4, -0.2) is 45.4 Å². The van der Waals surface area contributed by atoms with Crippen molar-refractivity contribution in [3.8, 4) is 0 Å². The van der Waals surface area contributed by atoms with Crippen LogP contribution in [0, 0.1) is 5.41 Å². The van der Waals surface area contributed by atoms with E-state index in [-0.39, 0.29) is 16.2 Å². The van der Waals surface area contributed by atoms with Gasteiger partial charge in [0.05, 0.1) is 4.90 Å². The maximum Gasteiger partial charge on any atom is 0.238 e. The monoisotopic (exact) mass is 340 g/mol. The third-order valence-electron chi connectivity index (χ3n) is 4.23. The molecule has 0 spiro atoms. The summed E-state index contributed by atoms with van der Waals surface area (Å²) in [5.74, 6) is -0.155. The second-order valence-electron chi connectivity index (χ2n) is 6.41. The molecule has 1 aliphatic rings. The molecular weight excluding hydrogens is 316 g/mol. The summed E-state index contributed by atoms with van der Waals surface area (Å²) in [4.78, 5) is 14.2. The lowest BCUT2D eigenvalue weighted by atomic mass is 9.90. The third kappa shape index (κ3) is 5.00. The van der Waals surface area contributed by atoms with Crippen LogP contribution in [0.2, 0.25) is 0 Å². The highest BCUT2D eigenvalue weighted by atomic mass is 32.2. The molecule has 0 radical (unpaired) electrons. The Labute approximate surface area is 137 Å². The standard InChI is InChI=1S/C15H24N4O3S/c1-15(10-16)6-8-19(11-15)7-5-14(20)18-12-3-2-4-13(9-12)23(17,21)22/h2-4,9H,5-8,10-11,16H2,1H3,(H,18,20)(H2,17,21,22). The van der Waals surface area contributed by atoms with E-state index < -0.39 is 10.0 Å². The molecule has 0 aliphatic carbocycles. The molecule has 5 N–H and O–H groups in total. The summed E-state index contributed by atoms with van der Waals surface area (Å²) in [5.41, 5.74) is 6.34. The Morgan fingerprint density at radius 2 is 2.17 bits per heavy atom. The van der Waals surface area contributed by atoms with Crippen molar-refractivity contribution < 1.29 is 13.2 Å². The first-order chi connectivity index (χ1) is 10.7. The van der Waals surface area contributed by atoms with Crippen LogP contribution < -0.4 is 16.2 Å². The lowest BCUT2D eigenvalue weighted by Gasteiger charge is -2.22. The molecule has 1 atom stereocenters. The number of anilines is 1. The SMILES string of the molecule is CC1(CN)CCN(CCC(=O)Nc2cccc(S(N)(=O)=O)c2)C1. The predicted molar refractivity (Wildman–Crippen MR) is 89.3 cm³/mol. The van der Waals surface area contributed by atoms with Gasteiger partial charge in [-0.15, -0.1) is 0 Å². The molecule has 1 amide bonds. The maximum atomic E-state index is 12.0. The van der Waals surface area contributed by atoms with Gasteiger partial charge in [0.2, 0.25) is 15.9 Å². The van der Waals surface area contributed by atoms with Crippen LogP contribution in [0.3, 0.4) is 0 Å². The number of nitrogens with one attached hydrogen (secondary N) is 1. The van der Waals surface area contributed by atoms with Crippen molar-refractivity contribution in [2.24, 2.45) is 16.3 Å². The van der Waals surface area contributed by atoms with Crippen LogP contribution in [0.5, 0.6) is 0 Å². The molecule has 0 aromatic heterocycles. The average molecular weight is 340 g/mol. The number of nitrogens with zero attached hydrogens (tertiary/aromatic N) is 1. The Hall–Kier alpha value is -1.48. The molecular formula is C15H24N4O3S. The quantitative estimate of drug-likeness (QED) is 0.690. The first-order valence-electron chi connectivity index (χ1n) is 7.57. The molecule has 1 aliphatic heterocycles. The van der Waals surface area contributed by atoms with Crippen molar-refractivity contribution in [1.82, 2.24) is 4.90 Å². The number of primary sulfonamides is 1. The Kier molecular flexibility index (Phi) is 5.41. The van der Waals surface area contributed by atoms with Gasteiger partial charge >= 0.3 is 0 Å². The largest absolute Gasteiger partial charge is 0.330 e. The summed E-state index contributed by atoms with van der Waals surface area (Å²) in [7, 11) is -3.77. The van der Waals surface area contributed by atoms with E-state index in [1.165, 1.54) is 12.1 Å². The fourth-order valence-corrected chi connectivity index (χ4v) is 3.28. The van der Waals surface area contributed by atoms with E-state index in [9.17, 15) is 13.2 Å². The van der Waals surface area contributed by atoms with E-state index in [0.717, 1.165) is 19.5 Å². The number of hydrogen-bond donors (Lipinski definition) is 3. The topological polar surface area (TPSA) is 119 Å². The molecule has 128 valence electrons. The molecule has 0 bridgehead atoms. The van der Waals surface area contributed by atoms with Crippen LogP contribution in [-0.2, 0) is 14.8 Å². The van der Waals surface area contributed by atoms with Crippen molar-refractivity contribution in [3.63, 3.8) is 0 Å². The van der Waals surface area contributed by atoms with Crippen LogP contribution in [0.1, 0.15) is 19.8 Å². The summed E-state index contributed by atoms with van der Waals surface area (Å²) >= 11 is 0. The van der Waals surface area contributed by atoms with Gasteiger partial charge in [0.1, 0.15) is 0 Å². The Morgan fingerprint density at radius 1 is 1.43 bits per heavy atom. The summed E-state index contributed by atoms with van der Waals surface area (Å²) in [5, 5.41) is 7.78. The Morgan fingerprint density at radius 3 is 2.78 bits per heavy atom. The molecule has 7 nitrogen and oxygen atoms in total. The minimum atomic E-state index is -3.77. The molecule has 1 aromatic rings. The summed E-state index contributed by atoms with van der Waals surface area (Å²) < 4.78 is 22.6. The fourth-order valence-electron chi connectivity index (χ4n) is 2.72. The normalized spacial score (nSPS) is 22.2. The van der Waals surface area contributed by atoms with E-state index in [4.69, 9.17) is 10.9 Å². The van der Waals surface area contributed by atoms with Crippen molar-refractivity contribution in [2.75, 3.05) is 31.5 Å². The molecule has 1 heterocycles. The van der Waals surface area contributed by atoms with E-state index in [2.05, 4.69) is 17.1 Å². The third-order valence-corrected chi connectivity index (χ3v) is 5.14.